The van der Waals surface area contributed by atoms with Crippen LogP contribution >= 0.6 is 35.0 Å². The molecule has 0 unspecified atom stereocenters. The molecule has 1 heterocycles. The highest BCUT2D eigenvalue weighted by Gasteiger charge is 2.13. The zero-order chi connectivity index (χ0) is 25.4. The minimum absolute atomic E-state index is 0.0925. The molecule has 0 radical (unpaired) electrons. The van der Waals surface area contributed by atoms with Crippen LogP contribution in [0.25, 0.3) is 6.08 Å². The van der Waals surface area contributed by atoms with Crippen molar-refractivity contribution in [3.8, 4) is 11.5 Å². The summed E-state index contributed by atoms with van der Waals surface area (Å²) in [7, 11) is 4.87. The summed E-state index contributed by atoms with van der Waals surface area (Å²) in [6.07, 6.45) is 3.08. The van der Waals surface area contributed by atoms with E-state index >= 15 is 0 Å². The molecule has 0 atom stereocenters. The lowest BCUT2D eigenvalue weighted by molar-refractivity contribution is -0.116. The van der Waals surface area contributed by atoms with Crippen LogP contribution in [0.1, 0.15) is 11.4 Å². The van der Waals surface area contributed by atoms with Gasteiger partial charge in [0.1, 0.15) is 0 Å². The van der Waals surface area contributed by atoms with Crippen LogP contribution in [0.5, 0.6) is 11.5 Å². The molecule has 184 valence electrons. The lowest BCUT2D eigenvalue weighted by Crippen LogP contribution is -2.22. The fourth-order valence-electron chi connectivity index (χ4n) is 2.89. The lowest BCUT2D eigenvalue weighted by atomic mass is 10.2. The quantitative estimate of drug-likeness (QED) is 0.296. The van der Waals surface area contributed by atoms with E-state index in [0.717, 1.165) is 5.56 Å². The third kappa shape index (κ3) is 7.14. The molecule has 3 aromatic rings. The van der Waals surface area contributed by atoms with E-state index in [0.29, 0.717) is 33.2 Å². The Hall–Kier alpha value is -3.21. The van der Waals surface area contributed by atoms with Crippen LogP contribution in [0.4, 0.5) is 5.69 Å². The van der Waals surface area contributed by atoms with E-state index in [1.165, 1.54) is 17.8 Å². The van der Waals surface area contributed by atoms with E-state index in [9.17, 15) is 9.59 Å². The second-order valence-electron chi connectivity index (χ2n) is 7.06. The number of nitrogens with one attached hydrogen (secondary N) is 2. The molecule has 0 saturated carbocycles. The predicted molar refractivity (Wildman–Crippen MR) is 137 cm³/mol. The maximum absolute atomic E-state index is 12.3. The van der Waals surface area contributed by atoms with Crippen molar-refractivity contribution < 1.29 is 19.1 Å². The Morgan fingerprint density at radius 1 is 1.11 bits per heavy atom. The van der Waals surface area contributed by atoms with Gasteiger partial charge < -0.3 is 24.7 Å². The average Bonchev–Trinajstić information content (AvgIpc) is 3.21. The second-order valence-corrected chi connectivity index (χ2v) is 8.79. The third-order valence-electron chi connectivity index (χ3n) is 4.74. The summed E-state index contributed by atoms with van der Waals surface area (Å²) in [4.78, 5) is 24.5. The summed E-state index contributed by atoms with van der Waals surface area (Å²) in [5.41, 5.74) is 1.22. The Kier molecular flexibility index (Phi) is 9.41. The highest BCUT2D eigenvalue weighted by atomic mass is 35.5. The molecule has 2 aromatic carbocycles. The summed E-state index contributed by atoms with van der Waals surface area (Å²) >= 11 is 13.3. The van der Waals surface area contributed by atoms with Crippen LogP contribution in [0.15, 0.2) is 47.6 Å². The van der Waals surface area contributed by atoms with Crippen LogP contribution < -0.4 is 20.1 Å². The summed E-state index contributed by atoms with van der Waals surface area (Å²) in [5.74, 6) is 1.25. The van der Waals surface area contributed by atoms with Gasteiger partial charge in [-0.15, -0.1) is 10.2 Å². The van der Waals surface area contributed by atoms with Crippen molar-refractivity contribution in [1.29, 1.82) is 0 Å². The number of carbonyl (C=O) groups is 2. The minimum atomic E-state index is -0.297. The first-order valence-electron chi connectivity index (χ1n) is 10.2. The molecule has 0 aliphatic carbocycles. The summed E-state index contributed by atoms with van der Waals surface area (Å²) < 4.78 is 12.2. The highest BCUT2D eigenvalue weighted by Crippen LogP contribution is 2.30. The standard InChI is InChI=1S/C23H23Cl2N5O4S/c1-30-19(12-26-20(31)10-8-14-7-9-17(33-2)18(11-14)34-3)28-29-23(30)35-13-21(32)27-16-6-4-5-15(24)22(16)25/h4-11H,12-13H2,1-3H3,(H,26,31)(H,27,32)/b10-8+. The molecule has 2 N–H and O–H groups in total. The van der Waals surface area contributed by atoms with Gasteiger partial charge in [0.2, 0.25) is 11.8 Å². The maximum atomic E-state index is 12.3. The monoisotopic (exact) mass is 535 g/mol. The van der Waals surface area contributed by atoms with Gasteiger partial charge in [-0.25, -0.2) is 0 Å². The normalized spacial score (nSPS) is 10.9. The molecule has 9 nitrogen and oxygen atoms in total. The molecule has 0 aliphatic heterocycles. The first-order chi connectivity index (χ1) is 16.8. The Labute approximate surface area is 216 Å². The van der Waals surface area contributed by atoms with Crippen LogP contribution in [0.3, 0.4) is 0 Å². The van der Waals surface area contributed by atoms with Gasteiger partial charge in [0.15, 0.2) is 22.5 Å². The van der Waals surface area contributed by atoms with Gasteiger partial charge in [-0.2, -0.15) is 0 Å². The van der Waals surface area contributed by atoms with Gasteiger partial charge in [0.05, 0.1) is 42.2 Å². The highest BCUT2D eigenvalue weighted by molar-refractivity contribution is 7.99. The number of ether oxygens (including phenoxy) is 2. The Morgan fingerprint density at radius 3 is 2.63 bits per heavy atom. The maximum Gasteiger partial charge on any atom is 0.244 e. The fraction of sp³-hybridized carbons (Fsp3) is 0.217. The van der Waals surface area contributed by atoms with Crippen LogP contribution in [0.2, 0.25) is 10.0 Å². The lowest BCUT2D eigenvalue weighted by Gasteiger charge is -2.08. The van der Waals surface area contributed by atoms with E-state index in [-0.39, 0.29) is 29.1 Å². The minimum Gasteiger partial charge on any atom is -0.493 e. The van der Waals surface area contributed by atoms with Crippen LogP contribution in [-0.4, -0.2) is 46.6 Å². The first kappa shape index (κ1) is 26.4. The van der Waals surface area contributed by atoms with Crippen molar-refractivity contribution in [3.63, 3.8) is 0 Å². The number of methoxy groups -OCH3 is 2. The molecule has 1 aromatic heterocycles. The van der Waals surface area contributed by atoms with E-state index in [2.05, 4.69) is 20.8 Å². The molecule has 0 aliphatic rings. The molecule has 35 heavy (non-hydrogen) atoms. The van der Waals surface area contributed by atoms with E-state index in [4.69, 9.17) is 32.7 Å². The zero-order valence-corrected chi connectivity index (χ0v) is 21.5. The van der Waals surface area contributed by atoms with Crippen molar-refractivity contribution in [1.82, 2.24) is 20.1 Å². The third-order valence-corrected chi connectivity index (χ3v) is 6.58. The first-order valence-corrected chi connectivity index (χ1v) is 12.0. The number of thioether (sulfide) groups is 1. The van der Waals surface area contributed by atoms with Crippen molar-refractivity contribution in [2.45, 2.75) is 11.7 Å². The molecule has 0 bridgehead atoms. The molecule has 3 rings (SSSR count). The summed E-state index contributed by atoms with van der Waals surface area (Å²) in [6, 6.07) is 10.3. The summed E-state index contributed by atoms with van der Waals surface area (Å²) in [5, 5.41) is 14.8. The number of hydrogen-bond acceptors (Lipinski definition) is 7. The van der Waals surface area contributed by atoms with Gasteiger partial charge in [-0.05, 0) is 35.9 Å². The van der Waals surface area contributed by atoms with Crippen molar-refractivity contribution in [3.05, 3.63) is 63.9 Å². The summed E-state index contributed by atoms with van der Waals surface area (Å²) in [6.45, 7) is 0.170. The predicted octanol–water partition coefficient (Wildman–Crippen LogP) is 4.20. The van der Waals surface area contributed by atoms with Gasteiger partial charge in [-0.3, -0.25) is 9.59 Å². The second kappa shape index (κ2) is 12.5. The molecular formula is C23H23Cl2N5O4S. The number of aromatic nitrogens is 3. The van der Waals surface area contributed by atoms with Crippen molar-refractivity contribution in [2.75, 3.05) is 25.3 Å². The SMILES string of the molecule is COc1ccc(/C=C/C(=O)NCc2nnc(SCC(=O)Nc3cccc(Cl)c3Cl)n2C)cc1OC. The van der Waals surface area contributed by atoms with Crippen LogP contribution in [0, 0.1) is 0 Å². The smallest absolute Gasteiger partial charge is 0.244 e. The number of halogens is 2. The number of anilines is 1. The number of hydrogen-bond donors (Lipinski definition) is 2. The average molecular weight is 536 g/mol. The Bertz CT molecular complexity index is 1250. The molecule has 0 fully saturated rings. The number of benzene rings is 2. The Balaban J connectivity index is 1.51. The van der Waals surface area contributed by atoms with Gasteiger partial charge >= 0.3 is 0 Å². The molecule has 2 amide bonds. The number of rotatable bonds is 10. The van der Waals surface area contributed by atoms with Gasteiger partial charge in [-0.1, -0.05) is 47.1 Å². The number of nitrogens with zero attached hydrogens (tertiary/aromatic N) is 3. The molecule has 0 spiro atoms. The van der Waals surface area contributed by atoms with E-state index in [1.54, 1.807) is 62.2 Å². The fourth-order valence-corrected chi connectivity index (χ4v) is 3.97. The molecule has 12 heteroatoms. The zero-order valence-electron chi connectivity index (χ0n) is 19.2. The van der Waals surface area contributed by atoms with Gasteiger partial charge in [0.25, 0.3) is 0 Å². The largest absolute Gasteiger partial charge is 0.493 e. The molecule has 0 saturated heterocycles. The van der Waals surface area contributed by atoms with Gasteiger partial charge in [0, 0.05) is 13.1 Å². The number of amides is 2. The molecular weight excluding hydrogens is 513 g/mol. The number of carbonyl (C=O) groups excluding carboxylic acids is 2. The topological polar surface area (TPSA) is 107 Å². The van der Waals surface area contributed by atoms with Crippen molar-refractivity contribution >= 4 is 58.5 Å². The Morgan fingerprint density at radius 2 is 1.89 bits per heavy atom. The van der Waals surface area contributed by atoms with E-state index < -0.39 is 0 Å². The van der Waals surface area contributed by atoms with E-state index in [1.807, 2.05) is 6.07 Å². The van der Waals surface area contributed by atoms with Crippen molar-refractivity contribution in [2.24, 2.45) is 7.05 Å². The van der Waals surface area contributed by atoms with Crippen LogP contribution in [-0.2, 0) is 23.2 Å².